The van der Waals surface area contributed by atoms with Gasteiger partial charge in [-0.1, -0.05) is 0 Å². The molecule has 1 heterocycles. The van der Waals surface area contributed by atoms with Gasteiger partial charge in [0.15, 0.2) is 0 Å². The fraction of sp³-hybridized carbons (Fsp3) is 0.429. The maximum Gasteiger partial charge on any atom is 0.329 e. The summed E-state index contributed by atoms with van der Waals surface area (Å²) in [6.07, 6.45) is 1.60. The van der Waals surface area contributed by atoms with Crippen LogP contribution in [0.15, 0.2) is 24.3 Å². The Labute approximate surface area is 117 Å². The van der Waals surface area contributed by atoms with Crippen molar-refractivity contribution >= 4 is 17.6 Å². The van der Waals surface area contributed by atoms with Gasteiger partial charge in [-0.3, -0.25) is 4.79 Å². The van der Waals surface area contributed by atoms with Crippen molar-refractivity contribution in [1.29, 1.82) is 0 Å². The number of hydrogen-bond donors (Lipinski definition) is 2. The van der Waals surface area contributed by atoms with E-state index >= 15 is 0 Å². The van der Waals surface area contributed by atoms with Gasteiger partial charge in [0.05, 0.1) is 6.10 Å². The van der Waals surface area contributed by atoms with Gasteiger partial charge < -0.3 is 20.5 Å². The van der Waals surface area contributed by atoms with E-state index in [1.807, 2.05) is 12.1 Å². The zero-order chi connectivity index (χ0) is 14.5. The summed E-state index contributed by atoms with van der Waals surface area (Å²) >= 11 is 0. The first kappa shape index (κ1) is 14.3. The fourth-order valence-electron chi connectivity index (χ4n) is 2.31. The van der Waals surface area contributed by atoms with E-state index in [9.17, 15) is 9.59 Å². The average molecular weight is 278 g/mol. The molecule has 0 radical (unpaired) electrons. The minimum atomic E-state index is -0.936. The molecule has 6 heteroatoms. The molecule has 3 N–H and O–H groups in total. The Morgan fingerprint density at radius 1 is 1.25 bits per heavy atom. The summed E-state index contributed by atoms with van der Waals surface area (Å²) in [5, 5.41) is 8.57. The van der Waals surface area contributed by atoms with E-state index in [1.54, 1.807) is 12.1 Å². The topological polar surface area (TPSA) is 92.9 Å². The standard InChI is InChI=1S/C14H18N2O4/c15-14(19)10-1-3-11(4-2-10)16-7-5-12(6-8-16)20-9-13(17)18/h1-4,12H,5-9H2,(H2,15,19)(H,17,18). The Kier molecular flexibility index (Phi) is 4.57. The van der Waals surface area contributed by atoms with Crippen molar-refractivity contribution in [1.82, 2.24) is 0 Å². The first-order valence-electron chi connectivity index (χ1n) is 6.54. The highest BCUT2D eigenvalue weighted by Crippen LogP contribution is 2.21. The zero-order valence-corrected chi connectivity index (χ0v) is 11.1. The number of nitrogens with two attached hydrogens (primary N) is 1. The molecule has 0 unspecified atom stereocenters. The molecule has 1 aromatic rings. The Morgan fingerprint density at radius 3 is 2.35 bits per heavy atom. The second-order valence-corrected chi connectivity index (χ2v) is 4.80. The lowest BCUT2D eigenvalue weighted by molar-refractivity contribution is -0.144. The smallest absolute Gasteiger partial charge is 0.329 e. The van der Waals surface area contributed by atoms with E-state index in [0.717, 1.165) is 31.6 Å². The minimum Gasteiger partial charge on any atom is -0.480 e. The number of nitrogens with zero attached hydrogens (tertiary/aromatic N) is 1. The van der Waals surface area contributed by atoms with Crippen molar-refractivity contribution in [2.24, 2.45) is 5.73 Å². The minimum absolute atomic E-state index is 0.00671. The molecule has 0 aromatic heterocycles. The van der Waals surface area contributed by atoms with Gasteiger partial charge >= 0.3 is 5.97 Å². The van der Waals surface area contributed by atoms with Crippen LogP contribution in [0.4, 0.5) is 5.69 Å². The molecule has 1 aliphatic heterocycles. The summed E-state index contributed by atoms with van der Waals surface area (Å²) in [6.45, 7) is 1.37. The molecule has 1 aliphatic rings. The van der Waals surface area contributed by atoms with E-state index < -0.39 is 11.9 Å². The number of carbonyl (C=O) groups excluding carboxylic acids is 1. The lowest BCUT2D eigenvalue weighted by Gasteiger charge is -2.33. The SMILES string of the molecule is NC(=O)c1ccc(N2CCC(OCC(=O)O)CC2)cc1. The Balaban J connectivity index is 1.87. The molecule has 0 atom stereocenters. The maximum atomic E-state index is 11.0. The van der Waals surface area contributed by atoms with E-state index in [1.165, 1.54) is 0 Å². The van der Waals surface area contributed by atoms with Crippen molar-refractivity contribution in [3.8, 4) is 0 Å². The van der Waals surface area contributed by atoms with Crippen LogP contribution in [0.1, 0.15) is 23.2 Å². The third-order valence-electron chi connectivity index (χ3n) is 3.40. The highest BCUT2D eigenvalue weighted by molar-refractivity contribution is 5.93. The highest BCUT2D eigenvalue weighted by Gasteiger charge is 2.20. The number of anilines is 1. The number of hydrogen-bond acceptors (Lipinski definition) is 4. The van der Waals surface area contributed by atoms with Crippen LogP contribution in [0.5, 0.6) is 0 Å². The van der Waals surface area contributed by atoms with Crippen LogP contribution in [-0.4, -0.2) is 42.8 Å². The van der Waals surface area contributed by atoms with Gasteiger partial charge in [0.25, 0.3) is 0 Å². The molecule has 1 fully saturated rings. The molecule has 1 saturated heterocycles. The Morgan fingerprint density at radius 2 is 1.85 bits per heavy atom. The Bertz CT molecular complexity index is 478. The molecule has 1 aromatic carbocycles. The second kappa shape index (κ2) is 6.38. The number of ether oxygens (including phenoxy) is 1. The molecule has 6 nitrogen and oxygen atoms in total. The van der Waals surface area contributed by atoms with E-state index in [-0.39, 0.29) is 12.7 Å². The predicted octanol–water partition coefficient (Wildman–Crippen LogP) is 0.855. The van der Waals surface area contributed by atoms with E-state index in [2.05, 4.69) is 4.90 Å². The van der Waals surface area contributed by atoms with Crippen LogP contribution in [-0.2, 0) is 9.53 Å². The van der Waals surface area contributed by atoms with Gasteiger partial charge in [-0.15, -0.1) is 0 Å². The summed E-state index contributed by atoms with van der Waals surface area (Å²) in [4.78, 5) is 23.6. The third-order valence-corrected chi connectivity index (χ3v) is 3.40. The maximum absolute atomic E-state index is 11.0. The van der Waals surface area contributed by atoms with Crippen LogP contribution in [0, 0.1) is 0 Å². The van der Waals surface area contributed by atoms with E-state index in [4.69, 9.17) is 15.6 Å². The number of amides is 1. The summed E-state index contributed by atoms with van der Waals surface area (Å²) < 4.78 is 5.29. The highest BCUT2D eigenvalue weighted by atomic mass is 16.5. The quantitative estimate of drug-likeness (QED) is 0.833. The monoisotopic (exact) mass is 278 g/mol. The molecule has 0 bridgehead atoms. The van der Waals surface area contributed by atoms with Gasteiger partial charge in [-0.25, -0.2) is 4.79 Å². The van der Waals surface area contributed by atoms with Crippen LogP contribution >= 0.6 is 0 Å². The number of carboxylic acids is 1. The molecular formula is C14H18N2O4. The van der Waals surface area contributed by atoms with Crippen LogP contribution < -0.4 is 10.6 Å². The van der Waals surface area contributed by atoms with Crippen molar-refractivity contribution in [2.75, 3.05) is 24.6 Å². The lowest BCUT2D eigenvalue weighted by Crippen LogP contribution is -2.37. The summed E-state index contributed by atoms with van der Waals surface area (Å²) in [7, 11) is 0. The summed E-state index contributed by atoms with van der Waals surface area (Å²) in [5.41, 5.74) is 6.73. The molecular weight excluding hydrogens is 260 g/mol. The van der Waals surface area contributed by atoms with Crippen molar-refractivity contribution < 1.29 is 19.4 Å². The predicted molar refractivity (Wildman–Crippen MR) is 73.8 cm³/mol. The van der Waals surface area contributed by atoms with Gasteiger partial charge in [-0.2, -0.15) is 0 Å². The van der Waals surface area contributed by atoms with Gasteiger partial charge in [0, 0.05) is 24.3 Å². The molecule has 1 amide bonds. The molecule has 0 saturated carbocycles. The van der Waals surface area contributed by atoms with Gasteiger partial charge in [0.2, 0.25) is 5.91 Å². The normalized spacial score (nSPS) is 16.1. The summed E-state index contributed by atoms with van der Waals surface area (Å²) in [6, 6.07) is 7.17. The number of piperidine rings is 1. The number of aliphatic carboxylic acids is 1. The number of rotatable bonds is 5. The number of carbonyl (C=O) groups is 2. The van der Waals surface area contributed by atoms with Crippen LogP contribution in [0.2, 0.25) is 0 Å². The number of benzene rings is 1. The van der Waals surface area contributed by atoms with Crippen LogP contribution in [0.25, 0.3) is 0 Å². The molecule has 20 heavy (non-hydrogen) atoms. The third kappa shape index (κ3) is 3.71. The van der Waals surface area contributed by atoms with Crippen molar-refractivity contribution in [3.05, 3.63) is 29.8 Å². The lowest BCUT2D eigenvalue weighted by atomic mass is 10.1. The van der Waals surface area contributed by atoms with Gasteiger partial charge in [0.1, 0.15) is 6.61 Å². The van der Waals surface area contributed by atoms with Crippen LogP contribution in [0.3, 0.4) is 0 Å². The average Bonchev–Trinajstić information content (AvgIpc) is 2.46. The first-order chi connectivity index (χ1) is 9.56. The number of carboxylic acid groups (broad SMARTS) is 1. The molecule has 0 aliphatic carbocycles. The Hall–Kier alpha value is -2.08. The van der Waals surface area contributed by atoms with Crippen molar-refractivity contribution in [2.45, 2.75) is 18.9 Å². The number of primary amides is 1. The molecule has 0 spiro atoms. The molecule has 2 rings (SSSR count). The second-order valence-electron chi connectivity index (χ2n) is 4.80. The van der Waals surface area contributed by atoms with Gasteiger partial charge in [-0.05, 0) is 37.1 Å². The fourth-order valence-corrected chi connectivity index (χ4v) is 2.31. The van der Waals surface area contributed by atoms with Crippen molar-refractivity contribution in [3.63, 3.8) is 0 Å². The molecule has 108 valence electrons. The summed E-state index contributed by atoms with van der Waals surface area (Å²) in [5.74, 6) is -1.37. The largest absolute Gasteiger partial charge is 0.480 e. The zero-order valence-electron chi connectivity index (χ0n) is 11.1. The first-order valence-corrected chi connectivity index (χ1v) is 6.54. The van der Waals surface area contributed by atoms with E-state index in [0.29, 0.717) is 5.56 Å².